The monoisotopic (exact) mass is 1310 g/mol. The van der Waals surface area contributed by atoms with Gasteiger partial charge < -0.3 is 50.3 Å². The number of nitrogen functional groups attached to an aromatic ring is 2. The summed E-state index contributed by atoms with van der Waals surface area (Å²) in [5, 5.41) is 3.85. The van der Waals surface area contributed by atoms with E-state index in [1.807, 2.05) is 40.1 Å². The van der Waals surface area contributed by atoms with Crippen LogP contribution in [0.5, 0.6) is 11.8 Å². The fourth-order valence-corrected chi connectivity index (χ4v) is 12.7. The van der Waals surface area contributed by atoms with E-state index in [-0.39, 0.29) is 82.6 Å². The maximum Gasteiger partial charge on any atom is 0.429 e. The molecule has 92 heavy (non-hydrogen) atoms. The zero-order valence-corrected chi connectivity index (χ0v) is 51.8. The minimum Gasteiger partial charge on any atom is -0.465 e. The van der Waals surface area contributed by atoms with Crippen LogP contribution in [0.15, 0.2) is 140 Å². The van der Waals surface area contributed by atoms with Gasteiger partial charge >= 0.3 is 30.4 Å². The van der Waals surface area contributed by atoms with Crippen molar-refractivity contribution in [1.29, 1.82) is 0 Å². The largest absolute Gasteiger partial charge is 0.465 e. The lowest BCUT2D eigenvalue weighted by Crippen LogP contribution is -2.43. The van der Waals surface area contributed by atoms with Gasteiger partial charge in [0.2, 0.25) is 35.9 Å². The van der Waals surface area contributed by atoms with Crippen LogP contribution in [0.1, 0.15) is 81.3 Å². The van der Waals surface area contributed by atoms with E-state index in [1.54, 1.807) is 74.5 Å². The highest BCUT2D eigenvalue weighted by Crippen LogP contribution is 2.48. The van der Waals surface area contributed by atoms with Gasteiger partial charge in [0.1, 0.15) is 30.3 Å². The molecule has 26 heteroatoms. The summed E-state index contributed by atoms with van der Waals surface area (Å²) in [6.45, 7) is 7.07. The number of carbonyl (C=O) groups is 3. The first-order valence-corrected chi connectivity index (χ1v) is 30.8. The van der Waals surface area contributed by atoms with Gasteiger partial charge in [0.25, 0.3) is 0 Å². The number of aromatic nitrogens is 4. The molecule has 0 radical (unpaired) electrons. The van der Waals surface area contributed by atoms with Gasteiger partial charge in [-0.25, -0.2) is 9.59 Å². The molecule has 4 atom stereocenters. The van der Waals surface area contributed by atoms with E-state index in [4.69, 9.17) is 58.4 Å². The number of piperidine rings is 2. The third kappa shape index (κ3) is 16.0. The average molecular weight is 1310 g/mol. The Hall–Kier alpha value is -8.61. The summed E-state index contributed by atoms with van der Waals surface area (Å²) < 4.78 is 115. The molecule has 7 aromatic rings. The number of carbonyl (C=O) groups excluding carboxylic acids is 3. The molecule has 0 aliphatic carbocycles. The molecule has 4 aliphatic heterocycles. The van der Waals surface area contributed by atoms with Crippen molar-refractivity contribution in [2.45, 2.75) is 95.6 Å². The molecule has 2 aromatic heterocycles. The molecule has 0 bridgehead atoms. The average Bonchev–Trinajstić information content (AvgIpc) is 1.47. The Bertz CT molecular complexity index is 3700. The molecule has 486 valence electrons. The van der Waals surface area contributed by atoms with E-state index in [2.05, 4.69) is 25.3 Å². The SMILES string of the molecule is CCOC(=O)[C@@H]1CC2(CCN(c3cc(O[C@H](c4ccc(Cl)cc4-c4ccccc4)C(F)(F)F)nc(N)n3)CC2)CN1.CCOC(=O)[C@@H]1CC2(CCN(c3cc(O[C@H](c4ccc(Cl)cc4-c4ccccc4)C(F)(F)F)nc(N)n3)CC2)CN1C(=O)OCc1ccccc1. The summed E-state index contributed by atoms with van der Waals surface area (Å²) in [6, 6.07) is 36.5. The van der Waals surface area contributed by atoms with E-state index < -0.39 is 48.1 Å². The van der Waals surface area contributed by atoms with Crippen molar-refractivity contribution in [3.8, 4) is 34.0 Å². The number of anilines is 4. The number of likely N-dealkylation sites (tertiary alicyclic amines) is 1. The third-order valence-corrected chi connectivity index (χ3v) is 17.5. The van der Waals surface area contributed by atoms with E-state index in [0.29, 0.717) is 98.4 Å². The number of rotatable bonds is 16. The lowest BCUT2D eigenvalue weighted by Gasteiger charge is -2.39. The van der Waals surface area contributed by atoms with Gasteiger partial charge in [-0.15, -0.1) is 0 Å². The van der Waals surface area contributed by atoms with Crippen LogP contribution in [0.4, 0.5) is 54.7 Å². The summed E-state index contributed by atoms with van der Waals surface area (Å²) in [4.78, 5) is 60.3. The van der Waals surface area contributed by atoms with Crippen molar-refractivity contribution >= 4 is 64.8 Å². The predicted molar refractivity (Wildman–Crippen MR) is 335 cm³/mol. The maximum atomic E-state index is 14.7. The highest BCUT2D eigenvalue weighted by molar-refractivity contribution is 6.31. The number of amides is 1. The summed E-state index contributed by atoms with van der Waals surface area (Å²) >= 11 is 12.4. The molecule has 5 aromatic carbocycles. The lowest BCUT2D eigenvalue weighted by atomic mass is 9.76. The second-order valence-electron chi connectivity index (χ2n) is 23.1. The molecule has 11 rings (SSSR count). The van der Waals surface area contributed by atoms with Crippen LogP contribution in [0.2, 0.25) is 10.0 Å². The Balaban J connectivity index is 0.000000206. The molecule has 2 spiro atoms. The van der Waals surface area contributed by atoms with Crippen LogP contribution in [0.3, 0.4) is 0 Å². The van der Waals surface area contributed by atoms with Gasteiger partial charge in [-0.3, -0.25) is 9.69 Å². The number of hydrogen-bond acceptors (Lipinski definition) is 17. The minimum absolute atomic E-state index is 0.0599. The number of esters is 2. The van der Waals surface area contributed by atoms with Crippen LogP contribution in [-0.2, 0) is 30.4 Å². The van der Waals surface area contributed by atoms with Crippen molar-refractivity contribution in [2.24, 2.45) is 10.8 Å². The topological polar surface area (TPSA) is 223 Å². The van der Waals surface area contributed by atoms with Crippen LogP contribution >= 0.6 is 23.2 Å². The number of nitrogens with zero attached hydrogens (tertiary/aromatic N) is 7. The molecule has 0 unspecified atom stereocenters. The first kappa shape index (κ1) is 66.3. The third-order valence-electron chi connectivity index (χ3n) is 17.0. The molecule has 0 saturated carbocycles. The zero-order valence-electron chi connectivity index (χ0n) is 50.3. The van der Waals surface area contributed by atoms with E-state index in [0.717, 1.165) is 18.4 Å². The summed E-state index contributed by atoms with van der Waals surface area (Å²) in [5.74, 6) is -1.12. The van der Waals surface area contributed by atoms with Crippen molar-refractivity contribution < 1.29 is 64.4 Å². The second-order valence-corrected chi connectivity index (χ2v) is 24.0. The Morgan fingerprint density at radius 3 is 1.49 bits per heavy atom. The standard InChI is InChI=1S/C37H37ClF3N5O5.C29H31ClF3N5O3/c1-2-49-33(47)29-21-36(23-46(29)35(48)50-22-24-9-5-3-6-10-24)15-17-45(18-16-36)30-20-31(44-34(42)43-30)51-32(37(39,40)41)27-14-13-26(38)19-28(27)25-11-7-4-8-12-25;1-2-40-26(39)22-16-28(17-35-22)10-12-38(13-11-28)23-15-24(37-27(34)36-23)41-25(29(31,32)33)20-9-8-19(30)14-21(20)18-6-4-3-5-7-18/h3-14,19-20,29,32H,2,15-18,21-23H2,1H3,(H2,42,43,44);3-9,14-15,22,25,35H,2,10-13,16-17H2,1H3,(H2,34,36,37)/t29-,32+;22-,25+/m00/s1. The Morgan fingerprint density at radius 2 is 1.03 bits per heavy atom. The molecule has 6 heterocycles. The number of nitrogens with one attached hydrogen (secondary N) is 1. The Morgan fingerprint density at radius 1 is 0.587 bits per heavy atom. The molecule has 4 saturated heterocycles. The first-order valence-electron chi connectivity index (χ1n) is 30.0. The fraction of sp³-hybridized carbons (Fsp3) is 0.379. The molecule has 5 N–H and O–H groups in total. The normalized spacial score (nSPS) is 18.3. The molecular weight excluding hydrogens is 1250 g/mol. The van der Waals surface area contributed by atoms with Crippen molar-refractivity contribution in [2.75, 3.05) is 73.7 Å². The van der Waals surface area contributed by atoms with Crippen molar-refractivity contribution in [3.63, 3.8) is 0 Å². The fourth-order valence-electron chi connectivity index (χ4n) is 12.4. The number of ether oxygens (including phenoxy) is 5. The zero-order chi connectivity index (χ0) is 65.4. The van der Waals surface area contributed by atoms with E-state index in [9.17, 15) is 40.7 Å². The van der Waals surface area contributed by atoms with E-state index in [1.165, 1.54) is 53.4 Å². The maximum absolute atomic E-state index is 14.7. The Labute approximate surface area is 537 Å². The second kappa shape index (κ2) is 28.5. The van der Waals surface area contributed by atoms with Gasteiger partial charge in [0, 0.05) is 72.6 Å². The van der Waals surface area contributed by atoms with Gasteiger partial charge in [0.05, 0.1) is 13.2 Å². The number of hydrogen-bond donors (Lipinski definition) is 3. The number of halogens is 8. The Kier molecular flexibility index (Phi) is 20.5. The van der Waals surface area contributed by atoms with Crippen molar-refractivity contribution in [1.82, 2.24) is 30.2 Å². The minimum atomic E-state index is -4.82. The van der Waals surface area contributed by atoms with Crippen LogP contribution in [0, 0.1) is 10.8 Å². The smallest absolute Gasteiger partial charge is 0.429 e. The summed E-state index contributed by atoms with van der Waals surface area (Å²) in [5.41, 5.74) is 13.7. The highest BCUT2D eigenvalue weighted by atomic mass is 35.5. The number of benzene rings is 5. The molecule has 18 nitrogen and oxygen atoms in total. The predicted octanol–water partition coefficient (Wildman–Crippen LogP) is 13.2. The van der Waals surface area contributed by atoms with Gasteiger partial charge in [-0.1, -0.05) is 126 Å². The van der Waals surface area contributed by atoms with E-state index >= 15 is 0 Å². The number of nitrogens with two attached hydrogens (primary N) is 2. The van der Waals surface area contributed by atoms with Crippen LogP contribution in [-0.4, -0.2) is 120 Å². The van der Waals surface area contributed by atoms with Crippen molar-refractivity contribution in [3.05, 3.63) is 166 Å². The molecule has 4 fully saturated rings. The van der Waals surface area contributed by atoms with Gasteiger partial charge in [-0.05, 0) is 115 Å². The molecular formula is C66H68Cl2F6N10O8. The first-order chi connectivity index (χ1) is 44.0. The van der Waals surface area contributed by atoms with Gasteiger partial charge in [-0.2, -0.15) is 46.3 Å². The van der Waals surface area contributed by atoms with Crippen LogP contribution < -0.4 is 36.1 Å². The quantitative estimate of drug-likeness (QED) is 0.0465. The summed E-state index contributed by atoms with van der Waals surface area (Å²) in [7, 11) is 0. The number of alkyl halides is 6. The van der Waals surface area contributed by atoms with Crippen LogP contribution in [0.25, 0.3) is 22.3 Å². The molecule has 4 aliphatic rings. The lowest BCUT2D eigenvalue weighted by molar-refractivity contribution is -0.199. The molecule has 1 amide bonds. The van der Waals surface area contributed by atoms with Gasteiger partial charge in [0.15, 0.2) is 0 Å². The summed E-state index contributed by atoms with van der Waals surface area (Å²) in [6.07, 6.45) is -11.2. The highest BCUT2D eigenvalue weighted by Gasteiger charge is 2.52.